The van der Waals surface area contributed by atoms with Crippen molar-refractivity contribution < 1.29 is 27.1 Å². The molecule has 0 aliphatic carbocycles. The van der Waals surface area contributed by atoms with Crippen LogP contribution in [0.15, 0.2) is 70.5 Å². The largest absolute Gasteiger partial charge is 0.489 e. The summed E-state index contributed by atoms with van der Waals surface area (Å²) in [6.45, 7) is 0.790. The van der Waals surface area contributed by atoms with E-state index in [2.05, 4.69) is 4.98 Å². The Balaban J connectivity index is 1.42. The highest BCUT2D eigenvalue weighted by Crippen LogP contribution is 2.29. The third-order valence-corrected chi connectivity index (χ3v) is 6.63. The van der Waals surface area contributed by atoms with Gasteiger partial charge in [-0.1, -0.05) is 12.1 Å². The van der Waals surface area contributed by atoms with Gasteiger partial charge >= 0.3 is 6.09 Å². The number of ether oxygens (including phenoxy) is 2. The number of nitrogens with one attached hydrogen (secondary N) is 1. The van der Waals surface area contributed by atoms with Crippen LogP contribution in [0.4, 0.5) is 9.18 Å². The van der Waals surface area contributed by atoms with E-state index in [1.54, 1.807) is 23.1 Å². The summed E-state index contributed by atoms with van der Waals surface area (Å²) in [6.07, 6.45) is 2.91. The lowest BCUT2D eigenvalue weighted by atomic mass is 10.1. The molecule has 0 spiro atoms. The number of sulfone groups is 1. The zero-order valence-corrected chi connectivity index (χ0v) is 19.2. The maximum atomic E-state index is 13.0. The molecule has 0 bridgehead atoms. The normalized spacial score (nSPS) is 14.6. The topological polar surface area (TPSA) is 106 Å². The lowest BCUT2D eigenvalue weighted by Crippen LogP contribution is -2.43. The van der Waals surface area contributed by atoms with Gasteiger partial charge in [0.1, 0.15) is 23.4 Å². The second kappa shape index (κ2) is 9.68. The number of aromatic nitrogens is 1. The van der Waals surface area contributed by atoms with Gasteiger partial charge in [-0.25, -0.2) is 17.6 Å². The fraction of sp³-hybridized carbons (Fsp3) is 0.250. The van der Waals surface area contributed by atoms with Crippen LogP contribution in [-0.4, -0.2) is 49.8 Å². The Kier molecular flexibility index (Phi) is 6.69. The SMILES string of the molecule is CS(=O)(=O)c1ccc(-c2c(OC3CCN(C(=O)Oc4ccc(F)cc4)CC3)cc[nH]c2=O)cc1. The molecule has 2 heterocycles. The van der Waals surface area contributed by atoms with E-state index in [9.17, 15) is 22.4 Å². The Morgan fingerprint density at radius 1 is 1.03 bits per heavy atom. The maximum absolute atomic E-state index is 13.0. The van der Waals surface area contributed by atoms with Crippen molar-refractivity contribution in [2.45, 2.75) is 23.8 Å². The van der Waals surface area contributed by atoms with Crippen LogP contribution in [0.2, 0.25) is 0 Å². The molecule has 2 aromatic carbocycles. The predicted molar refractivity (Wildman–Crippen MR) is 123 cm³/mol. The average molecular weight is 487 g/mol. The molecule has 0 radical (unpaired) electrons. The van der Waals surface area contributed by atoms with E-state index in [-0.39, 0.29) is 22.3 Å². The molecule has 10 heteroatoms. The van der Waals surface area contributed by atoms with E-state index >= 15 is 0 Å². The van der Waals surface area contributed by atoms with Crippen molar-refractivity contribution in [3.8, 4) is 22.6 Å². The third kappa shape index (κ3) is 5.45. The predicted octanol–water partition coefficient (Wildman–Crippen LogP) is 3.63. The minimum absolute atomic E-state index is 0.158. The van der Waals surface area contributed by atoms with E-state index in [4.69, 9.17) is 9.47 Å². The van der Waals surface area contributed by atoms with E-state index in [0.717, 1.165) is 6.26 Å². The number of nitrogens with zero attached hydrogens (tertiary/aromatic N) is 1. The smallest absolute Gasteiger partial charge is 0.415 e. The standard InChI is InChI=1S/C24H23FN2O6S/c1-34(30,31)20-8-2-16(3-9-20)22-21(10-13-26-23(22)28)32-19-11-14-27(15-12-19)24(29)33-18-6-4-17(25)5-7-18/h2-10,13,19H,11-12,14-15H2,1H3,(H,26,28). The molecule has 34 heavy (non-hydrogen) atoms. The fourth-order valence-electron chi connectivity index (χ4n) is 3.70. The summed E-state index contributed by atoms with van der Waals surface area (Å²) in [6, 6.07) is 12.9. The van der Waals surface area contributed by atoms with E-state index in [1.165, 1.54) is 42.6 Å². The Labute approximate surface area is 195 Å². The van der Waals surface area contributed by atoms with E-state index in [0.29, 0.717) is 42.8 Å². The highest BCUT2D eigenvalue weighted by atomic mass is 32.2. The van der Waals surface area contributed by atoms with Gasteiger partial charge in [0.05, 0.1) is 10.5 Å². The number of hydrogen-bond acceptors (Lipinski definition) is 6. The van der Waals surface area contributed by atoms with Crippen LogP contribution in [0.1, 0.15) is 12.8 Å². The molecule has 1 aliphatic rings. The van der Waals surface area contributed by atoms with Crippen LogP contribution in [-0.2, 0) is 9.84 Å². The molecule has 1 N–H and O–H groups in total. The minimum atomic E-state index is -3.36. The zero-order valence-electron chi connectivity index (χ0n) is 18.4. The van der Waals surface area contributed by atoms with Crippen LogP contribution < -0.4 is 15.0 Å². The molecule has 4 rings (SSSR count). The lowest BCUT2D eigenvalue weighted by molar-refractivity contribution is 0.0932. The third-order valence-electron chi connectivity index (χ3n) is 5.51. The molecule has 8 nitrogen and oxygen atoms in total. The second-order valence-electron chi connectivity index (χ2n) is 7.97. The van der Waals surface area contributed by atoms with Crippen LogP contribution in [0.5, 0.6) is 11.5 Å². The van der Waals surface area contributed by atoms with Gasteiger partial charge in [0.2, 0.25) is 0 Å². The van der Waals surface area contributed by atoms with Crippen LogP contribution in [0.3, 0.4) is 0 Å². The summed E-state index contributed by atoms with van der Waals surface area (Å²) >= 11 is 0. The first-order valence-corrected chi connectivity index (χ1v) is 12.5. The van der Waals surface area contributed by atoms with Crippen molar-refractivity contribution in [1.82, 2.24) is 9.88 Å². The van der Waals surface area contributed by atoms with Crippen LogP contribution in [0, 0.1) is 5.82 Å². The molecule has 1 amide bonds. The van der Waals surface area contributed by atoms with Gasteiger partial charge in [0.25, 0.3) is 5.56 Å². The van der Waals surface area contributed by atoms with Crippen molar-refractivity contribution in [3.63, 3.8) is 0 Å². The zero-order chi connectivity index (χ0) is 24.3. The molecule has 1 saturated heterocycles. The summed E-state index contributed by atoms with van der Waals surface area (Å²) in [5, 5.41) is 0. The first-order valence-electron chi connectivity index (χ1n) is 10.6. The van der Waals surface area contributed by atoms with Gasteiger partial charge in [-0.05, 0) is 48.0 Å². The monoisotopic (exact) mass is 486 g/mol. The van der Waals surface area contributed by atoms with Gasteiger partial charge in [-0.15, -0.1) is 0 Å². The summed E-state index contributed by atoms with van der Waals surface area (Å²) in [7, 11) is -3.36. The van der Waals surface area contributed by atoms with Gasteiger partial charge in [0, 0.05) is 38.4 Å². The van der Waals surface area contributed by atoms with Gasteiger partial charge in [0.15, 0.2) is 9.84 Å². The van der Waals surface area contributed by atoms with Crippen molar-refractivity contribution >= 4 is 15.9 Å². The quantitative estimate of drug-likeness (QED) is 0.591. The molecular formula is C24H23FN2O6S. The van der Waals surface area contributed by atoms with Gasteiger partial charge < -0.3 is 19.4 Å². The van der Waals surface area contributed by atoms with Crippen molar-refractivity contribution in [2.24, 2.45) is 0 Å². The number of H-pyrrole nitrogens is 1. The molecule has 178 valence electrons. The number of piperidine rings is 1. The molecule has 0 saturated carbocycles. The molecule has 3 aromatic rings. The molecule has 1 aromatic heterocycles. The Hall–Kier alpha value is -3.66. The first-order chi connectivity index (χ1) is 16.2. The van der Waals surface area contributed by atoms with Crippen molar-refractivity contribution in [2.75, 3.05) is 19.3 Å². The van der Waals surface area contributed by atoms with Gasteiger partial charge in [-0.2, -0.15) is 0 Å². The Morgan fingerprint density at radius 2 is 1.68 bits per heavy atom. The van der Waals surface area contributed by atoms with Crippen LogP contribution in [0.25, 0.3) is 11.1 Å². The number of rotatable bonds is 5. The summed E-state index contributed by atoms with van der Waals surface area (Å²) in [4.78, 5) is 29.3. The number of likely N-dealkylation sites (tertiary alicyclic amines) is 1. The summed E-state index contributed by atoms with van der Waals surface area (Å²) in [5.74, 6) is 0.228. The maximum Gasteiger partial charge on any atom is 0.415 e. The lowest BCUT2D eigenvalue weighted by Gasteiger charge is -2.31. The van der Waals surface area contributed by atoms with Crippen molar-refractivity contribution in [3.05, 3.63) is 77.0 Å². The highest BCUT2D eigenvalue weighted by Gasteiger charge is 2.26. The van der Waals surface area contributed by atoms with E-state index < -0.39 is 21.7 Å². The van der Waals surface area contributed by atoms with Crippen molar-refractivity contribution in [1.29, 1.82) is 0 Å². The molecule has 1 fully saturated rings. The van der Waals surface area contributed by atoms with Crippen LogP contribution >= 0.6 is 0 Å². The van der Waals surface area contributed by atoms with Gasteiger partial charge in [-0.3, -0.25) is 4.79 Å². The summed E-state index contributed by atoms with van der Waals surface area (Å²) < 4.78 is 47.9. The number of aromatic amines is 1. The number of halogens is 1. The number of carbonyl (C=O) groups excluding carboxylic acids is 1. The number of carbonyl (C=O) groups is 1. The summed E-state index contributed by atoms with van der Waals surface area (Å²) in [5.41, 5.74) is 0.482. The molecule has 0 unspecified atom stereocenters. The van der Waals surface area contributed by atoms with E-state index in [1.807, 2.05) is 0 Å². The molecule has 0 atom stereocenters. The molecule has 1 aliphatic heterocycles. The number of hydrogen-bond donors (Lipinski definition) is 1. The molecular weight excluding hydrogens is 463 g/mol. The number of pyridine rings is 1. The second-order valence-corrected chi connectivity index (χ2v) is 9.98. The number of amides is 1. The highest BCUT2D eigenvalue weighted by molar-refractivity contribution is 7.90. The Morgan fingerprint density at radius 3 is 2.29 bits per heavy atom. The minimum Gasteiger partial charge on any atom is -0.489 e. The first kappa shape index (κ1) is 23.5. The average Bonchev–Trinajstić information content (AvgIpc) is 2.81. The number of benzene rings is 2. The fourth-order valence-corrected chi connectivity index (χ4v) is 4.34. The Bertz CT molecular complexity index is 1330.